The fourth-order valence-corrected chi connectivity index (χ4v) is 6.55. The van der Waals surface area contributed by atoms with E-state index in [9.17, 15) is 14.0 Å². The Bertz CT molecular complexity index is 828. The van der Waals surface area contributed by atoms with E-state index in [2.05, 4.69) is 20.8 Å². The van der Waals surface area contributed by atoms with E-state index in [1.165, 1.54) is 17.0 Å². The van der Waals surface area contributed by atoms with Gasteiger partial charge >= 0.3 is 0 Å². The predicted octanol–water partition coefficient (Wildman–Crippen LogP) is 4.94. The van der Waals surface area contributed by atoms with E-state index < -0.39 is 20.5 Å². The maximum Gasteiger partial charge on any atom is 0.261 e. The summed E-state index contributed by atoms with van der Waals surface area (Å²) in [5.74, 6) is -1.01. The van der Waals surface area contributed by atoms with E-state index >= 15 is 0 Å². The number of imide groups is 1. The number of nitrogens with zero attached hydrogens (tertiary/aromatic N) is 1. The van der Waals surface area contributed by atoms with Gasteiger partial charge in [0.2, 0.25) is 0 Å². The van der Waals surface area contributed by atoms with E-state index in [0.717, 1.165) is 18.1 Å². The minimum absolute atomic E-state index is 0.310. The average Bonchev–Trinajstić information content (AvgIpc) is 2.74. The quantitative estimate of drug-likeness (QED) is 0.376. The zero-order chi connectivity index (χ0) is 20.3. The van der Waals surface area contributed by atoms with Gasteiger partial charge in [0.1, 0.15) is 5.82 Å². The highest BCUT2D eigenvalue weighted by atomic mass is 28.4. The monoisotopic (exact) mass is 399 g/mol. The van der Waals surface area contributed by atoms with Crippen LogP contribution in [0.2, 0.25) is 18.1 Å². The van der Waals surface area contributed by atoms with Gasteiger partial charge in [0.25, 0.3) is 11.8 Å². The number of likely N-dealkylation sites (tertiary alicyclic amines) is 1. The minimum Gasteiger partial charge on any atom is -0.403 e. The van der Waals surface area contributed by atoms with E-state index in [1.807, 2.05) is 6.07 Å². The van der Waals surface area contributed by atoms with Gasteiger partial charge in [-0.3, -0.25) is 14.5 Å². The zero-order valence-electron chi connectivity index (χ0n) is 16.5. The number of β-lactam (4-membered cyclic amide) rings is 1. The summed E-state index contributed by atoms with van der Waals surface area (Å²) in [7, 11) is -2.05. The summed E-state index contributed by atoms with van der Waals surface area (Å²) in [6, 6.07) is 16.9. The molecule has 3 rings (SSSR count). The fourth-order valence-electron chi connectivity index (χ4n) is 3.78. The van der Waals surface area contributed by atoms with Gasteiger partial charge in [0, 0.05) is 5.56 Å². The topological polar surface area (TPSA) is 46.6 Å². The van der Waals surface area contributed by atoms with Crippen molar-refractivity contribution in [3.63, 3.8) is 0 Å². The molecule has 6 heteroatoms. The second kappa shape index (κ2) is 8.37. The molecule has 0 aromatic heterocycles. The zero-order valence-corrected chi connectivity index (χ0v) is 17.5. The third-order valence-corrected chi connectivity index (χ3v) is 10.4. The van der Waals surface area contributed by atoms with E-state index in [4.69, 9.17) is 4.43 Å². The van der Waals surface area contributed by atoms with E-state index in [-0.39, 0.29) is 17.6 Å². The summed E-state index contributed by atoms with van der Waals surface area (Å²) in [5.41, 5.74) is 1.16. The third-order valence-electron chi connectivity index (χ3n) is 5.81. The van der Waals surface area contributed by atoms with Crippen molar-refractivity contribution in [3.8, 4) is 0 Å². The van der Waals surface area contributed by atoms with Crippen LogP contribution in [0.3, 0.4) is 0 Å². The highest BCUT2D eigenvalue weighted by Crippen LogP contribution is 2.41. The molecular formula is C22H26FNO3Si. The average molecular weight is 400 g/mol. The van der Waals surface area contributed by atoms with Crippen LogP contribution in [0.1, 0.15) is 42.7 Å². The van der Waals surface area contributed by atoms with Crippen molar-refractivity contribution in [2.75, 3.05) is 0 Å². The Morgan fingerprint density at radius 1 is 1.00 bits per heavy atom. The van der Waals surface area contributed by atoms with Crippen molar-refractivity contribution < 1.29 is 18.4 Å². The molecule has 0 aliphatic carbocycles. The van der Waals surface area contributed by atoms with Gasteiger partial charge in [-0.05, 0) is 48.0 Å². The Balaban J connectivity index is 1.95. The first kappa shape index (κ1) is 20.4. The smallest absolute Gasteiger partial charge is 0.261 e. The molecular weight excluding hydrogens is 373 g/mol. The van der Waals surface area contributed by atoms with Crippen LogP contribution in [-0.2, 0) is 9.22 Å². The Labute approximate surface area is 166 Å². The largest absolute Gasteiger partial charge is 0.403 e. The number of carbonyl (C=O) groups excluding carboxylic acids is 2. The molecule has 0 N–H and O–H groups in total. The molecule has 1 aliphatic rings. The van der Waals surface area contributed by atoms with Crippen LogP contribution >= 0.6 is 0 Å². The van der Waals surface area contributed by atoms with Crippen LogP contribution in [0, 0.1) is 5.82 Å². The molecule has 1 fully saturated rings. The Hall–Kier alpha value is -2.31. The maximum atomic E-state index is 13.4. The van der Waals surface area contributed by atoms with Crippen molar-refractivity contribution in [2.45, 2.75) is 51.0 Å². The first-order valence-electron chi connectivity index (χ1n) is 9.82. The van der Waals surface area contributed by atoms with Crippen molar-refractivity contribution in [2.24, 2.45) is 0 Å². The molecule has 28 heavy (non-hydrogen) atoms. The summed E-state index contributed by atoms with van der Waals surface area (Å²) in [4.78, 5) is 27.2. The highest BCUT2D eigenvalue weighted by Gasteiger charge is 2.54. The summed E-state index contributed by atoms with van der Waals surface area (Å²) < 4.78 is 19.9. The Morgan fingerprint density at radius 2 is 1.57 bits per heavy atom. The molecule has 148 valence electrons. The first-order valence-corrected chi connectivity index (χ1v) is 12.3. The molecule has 2 aromatic carbocycles. The third kappa shape index (κ3) is 3.66. The van der Waals surface area contributed by atoms with Gasteiger partial charge in [0.05, 0.1) is 6.04 Å². The molecule has 1 heterocycles. The van der Waals surface area contributed by atoms with Gasteiger partial charge < -0.3 is 4.43 Å². The standard InChI is InChI=1S/C22H26FNO3Si/c1-4-28(5-2,6-3)27-20-19(16-12-14-18(23)15-13-16)24(22(20)26)21(25)17-10-8-7-9-11-17/h7-15,19-20H,4-6H2,1-3H3/t19-,20+/m1/s1. The van der Waals surface area contributed by atoms with Crippen molar-refractivity contribution in [1.29, 1.82) is 0 Å². The van der Waals surface area contributed by atoms with Crippen LogP contribution in [-0.4, -0.2) is 31.1 Å². The summed E-state index contributed by atoms with van der Waals surface area (Å²) >= 11 is 0. The fraction of sp³-hybridized carbons (Fsp3) is 0.364. The van der Waals surface area contributed by atoms with Gasteiger partial charge in [0.15, 0.2) is 14.4 Å². The molecule has 0 radical (unpaired) electrons. The lowest BCUT2D eigenvalue weighted by Crippen LogP contribution is -2.64. The first-order chi connectivity index (χ1) is 13.5. The molecule has 4 nitrogen and oxygen atoms in total. The van der Waals surface area contributed by atoms with Crippen LogP contribution in [0.25, 0.3) is 0 Å². The van der Waals surface area contributed by atoms with Crippen molar-refractivity contribution in [3.05, 3.63) is 71.5 Å². The van der Waals surface area contributed by atoms with Crippen LogP contribution in [0.5, 0.6) is 0 Å². The number of hydrogen-bond acceptors (Lipinski definition) is 3. The highest BCUT2D eigenvalue weighted by molar-refractivity contribution is 6.73. The van der Waals surface area contributed by atoms with Crippen LogP contribution in [0.4, 0.5) is 4.39 Å². The van der Waals surface area contributed by atoms with Crippen molar-refractivity contribution >= 4 is 20.1 Å². The number of hydrogen-bond donors (Lipinski definition) is 0. The number of benzene rings is 2. The van der Waals surface area contributed by atoms with Crippen molar-refractivity contribution in [1.82, 2.24) is 4.90 Å². The lowest BCUT2D eigenvalue weighted by molar-refractivity contribution is -0.158. The van der Waals surface area contributed by atoms with Gasteiger partial charge in [-0.15, -0.1) is 0 Å². The van der Waals surface area contributed by atoms with Crippen LogP contribution in [0.15, 0.2) is 54.6 Å². The Kier molecular flexibility index (Phi) is 6.10. The van der Waals surface area contributed by atoms with Gasteiger partial charge in [-0.2, -0.15) is 0 Å². The summed E-state index contributed by atoms with van der Waals surface area (Å²) in [6.45, 7) is 6.30. The molecule has 1 saturated heterocycles. The van der Waals surface area contributed by atoms with Gasteiger partial charge in [-0.1, -0.05) is 51.1 Å². The molecule has 0 saturated carbocycles. The minimum atomic E-state index is -2.05. The molecule has 1 aliphatic heterocycles. The number of amides is 2. The summed E-state index contributed by atoms with van der Waals surface area (Å²) in [5, 5.41) is 0. The molecule has 0 spiro atoms. The second-order valence-electron chi connectivity index (χ2n) is 7.16. The van der Waals surface area contributed by atoms with Gasteiger partial charge in [-0.25, -0.2) is 4.39 Å². The Morgan fingerprint density at radius 3 is 2.11 bits per heavy atom. The molecule has 2 amide bonds. The number of carbonyl (C=O) groups is 2. The lowest BCUT2D eigenvalue weighted by Gasteiger charge is -2.48. The maximum absolute atomic E-state index is 13.4. The number of halogens is 1. The number of rotatable bonds is 7. The van der Waals surface area contributed by atoms with E-state index in [1.54, 1.807) is 36.4 Å². The lowest BCUT2D eigenvalue weighted by atomic mass is 9.90. The summed E-state index contributed by atoms with van der Waals surface area (Å²) in [6.07, 6.45) is -0.690. The molecule has 0 bridgehead atoms. The molecule has 2 atom stereocenters. The molecule has 0 unspecified atom stereocenters. The predicted molar refractivity (Wildman–Crippen MR) is 109 cm³/mol. The van der Waals surface area contributed by atoms with Crippen LogP contribution < -0.4 is 0 Å². The normalized spacial score (nSPS) is 19.4. The molecule has 2 aromatic rings. The SMILES string of the molecule is CC[Si](CC)(CC)O[C@@H]1C(=O)N(C(=O)c2ccccc2)[C@@H]1c1ccc(F)cc1. The second-order valence-corrected chi connectivity index (χ2v) is 11.9. The van der Waals surface area contributed by atoms with E-state index in [0.29, 0.717) is 11.1 Å².